The Morgan fingerprint density at radius 3 is 2.71 bits per heavy atom. The lowest BCUT2D eigenvalue weighted by atomic mass is 9.88. The standard InChI is InChI=1S/C17H13Br2NO4/c1-24-14-5-3-2-4-10(14)13(21)8-17(23)11-6-9(18)7-12(19)15(11)20-16(17)22/h2-7,23H,8H2,1H3,(H,20,22). The highest BCUT2D eigenvalue weighted by Crippen LogP contribution is 2.44. The zero-order valence-corrected chi connectivity index (χ0v) is 15.8. The van der Waals surface area contributed by atoms with Gasteiger partial charge in [-0.05, 0) is 40.2 Å². The average Bonchev–Trinajstić information content (AvgIpc) is 2.79. The van der Waals surface area contributed by atoms with Crippen LogP contribution in [0.1, 0.15) is 22.3 Å². The highest BCUT2D eigenvalue weighted by molar-refractivity contribution is 9.11. The summed E-state index contributed by atoms with van der Waals surface area (Å²) >= 11 is 6.69. The summed E-state index contributed by atoms with van der Waals surface area (Å²) in [6.45, 7) is 0. The van der Waals surface area contributed by atoms with Gasteiger partial charge in [0.15, 0.2) is 11.4 Å². The average molecular weight is 455 g/mol. The van der Waals surface area contributed by atoms with E-state index in [-0.39, 0.29) is 12.2 Å². The molecule has 7 heteroatoms. The van der Waals surface area contributed by atoms with E-state index in [0.29, 0.717) is 31.5 Å². The Labute approximate surface area is 155 Å². The molecule has 0 spiro atoms. The summed E-state index contributed by atoms with van der Waals surface area (Å²) in [5.41, 5.74) is -0.779. The first-order valence-electron chi connectivity index (χ1n) is 7.06. The van der Waals surface area contributed by atoms with Gasteiger partial charge in [-0.3, -0.25) is 9.59 Å². The summed E-state index contributed by atoms with van der Waals surface area (Å²) in [6, 6.07) is 10.1. The fourth-order valence-corrected chi connectivity index (χ4v) is 4.07. The first-order valence-corrected chi connectivity index (χ1v) is 8.65. The van der Waals surface area contributed by atoms with Crippen molar-refractivity contribution in [1.82, 2.24) is 0 Å². The number of anilines is 1. The van der Waals surface area contributed by atoms with Gasteiger partial charge in [0, 0.05) is 14.5 Å². The van der Waals surface area contributed by atoms with Crippen molar-refractivity contribution in [3.63, 3.8) is 0 Å². The zero-order chi connectivity index (χ0) is 17.5. The minimum absolute atomic E-state index is 0.323. The van der Waals surface area contributed by atoms with Crippen LogP contribution in [0.3, 0.4) is 0 Å². The van der Waals surface area contributed by atoms with Crippen molar-refractivity contribution in [2.24, 2.45) is 0 Å². The van der Waals surface area contributed by atoms with Crippen molar-refractivity contribution in [3.05, 3.63) is 56.5 Å². The second kappa shape index (κ2) is 6.31. The summed E-state index contributed by atoms with van der Waals surface area (Å²) in [7, 11) is 1.46. The number of carbonyl (C=O) groups is 2. The van der Waals surface area contributed by atoms with Crippen molar-refractivity contribution in [2.75, 3.05) is 12.4 Å². The zero-order valence-electron chi connectivity index (χ0n) is 12.6. The molecule has 1 heterocycles. The summed E-state index contributed by atoms with van der Waals surface area (Å²) in [6.07, 6.45) is -0.380. The number of hydrogen-bond donors (Lipinski definition) is 2. The smallest absolute Gasteiger partial charge is 0.261 e. The van der Waals surface area contributed by atoms with Crippen LogP contribution in [0.4, 0.5) is 5.69 Å². The Hall–Kier alpha value is -1.70. The SMILES string of the molecule is COc1ccccc1C(=O)CC1(O)C(=O)Nc2c(Br)cc(Br)cc21. The van der Waals surface area contributed by atoms with Crippen LogP contribution in [-0.2, 0) is 10.4 Å². The van der Waals surface area contributed by atoms with Gasteiger partial charge in [0.05, 0.1) is 24.8 Å². The lowest BCUT2D eigenvalue weighted by molar-refractivity contribution is -0.133. The molecule has 0 saturated heterocycles. The molecular formula is C17H13Br2NO4. The summed E-state index contributed by atoms with van der Waals surface area (Å²) in [4.78, 5) is 25.0. The van der Waals surface area contributed by atoms with Gasteiger partial charge in [0.1, 0.15) is 5.75 Å². The van der Waals surface area contributed by atoms with Crippen LogP contribution in [-0.4, -0.2) is 23.9 Å². The van der Waals surface area contributed by atoms with Gasteiger partial charge in [-0.15, -0.1) is 0 Å². The molecule has 3 rings (SSSR count). The Morgan fingerprint density at radius 1 is 1.29 bits per heavy atom. The largest absolute Gasteiger partial charge is 0.496 e. The van der Waals surface area contributed by atoms with Crippen molar-refractivity contribution in [2.45, 2.75) is 12.0 Å². The predicted octanol–water partition coefficient (Wildman–Crippen LogP) is 3.63. The van der Waals surface area contributed by atoms with E-state index < -0.39 is 11.5 Å². The molecule has 5 nitrogen and oxygen atoms in total. The number of benzene rings is 2. The Kier molecular flexibility index (Phi) is 4.50. The fraction of sp³-hybridized carbons (Fsp3) is 0.176. The van der Waals surface area contributed by atoms with Gasteiger partial charge in [0.2, 0.25) is 0 Å². The van der Waals surface area contributed by atoms with Gasteiger partial charge in [0.25, 0.3) is 5.91 Å². The van der Waals surface area contributed by atoms with E-state index in [0.717, 1.165) is 0 Å². The number of para-hydroxylation sites is 1. The summed E-state index contributed by atoms with van der Waals surface area (Å²) in [5.74, 6) is -0.603. The molecule has 2 aromatic carbocycles. The van der Waals surface area contributed by atoms with E-state index in [4.69, 9.17) is 4.74 Å². The summed E-state index contributed by atoms with van der Waals surface area (Å²) in [5, 5.41) is 13.6. The molecule has 1 aliphatic rings. The van der Waals surface area contributed by atoms with E-state index in [1.54, 1.807) is 36.4 Å². The number of hydrogen-bond acceptors (Lipinski definition) is 4. The van der Waals surface area contributed by atoms with Crippen molar-refractivity contribution in [1.29, 1.82) is 0 Å². The third-order valence-electron chi connectivity index (χ3n) is 3.94. The minimum atomic E-state index is -1.93. The quantitative estimate of drug-likeness (QED) is 0.691. The molecule has 0 aromatic heterocycles. The molecule has 1 aliphatic heterocycles. The Morgan fingerprint density at radius 2 is 2.00 bits per heavy atom. The third kappa shape index (κ3) is 2.76. The number of fused-ring (bicyclic) bond motifs is 1. The number of Topliss-reactive ketones (excluding diaryl/α,β-unsaturated/α-hetero) is 1. The lowest BCUT2D eigenvalue weighted by Crippen LogP contribution is -2.36. The molecule has 1 unspecified atom stereocenters. The second-order valence-corrected chi connectivity index (χ2v) is 7.19. The third-order valence-corrected chi connectivity index (χ3v) is 5.02. The molecular weight excluding hydrogens is 442 g/mol. The number of rotatable bonds is 4. The molecule has 0 bridgehead atoms. The van der Waals surface area contributed by atoms with Crippen molar-refractivity contribution < 1.29 is 19.4 Å². The van der Waals surface area contributed by atoms with Gasteiger partial charge in [-0.25, -0.2) is 0 Å². The summed E-state index contributed by atoms with van der Waals surface area (Å²) < 4.78 is 6.49. The number of halogens is 2. The van der Waals surface area contributed by atoms with E-state index >= 15 is 0 Å². The minimum Gasteiger partial charge on any atom is -0.496 e. The van der Waals surface area contributed by atoms with Crippen LogP contribution in [0.2, 0.25) is 0 Å². The second-order valence-electron chi connectivity index (χ2n) is 5.42. The predicted molar refractivity (Wildman–Crippen MR) is 96.3 cm³/mol. The maximum Gasteiger partial charge on any atom is 0.261 e. The normalized spacial score (nSPS) is 18.9. The van der Waals surface area contributed by atoms with Crippen LogP contribution in [0.25, 0.3) is 0 Å². The molecule has 124 valence electrons. The molecule has 0 aliphatic carbocycles. The van der Waals surface area contributed by atoms with Crippen LogP contribution < -0.4 is 10.1 Å². The maximum absolute atomic E-state index is 12.7. The molecule has 1 atom stereocenters. The van der Waals surface area contributed by atoms with Crippen LogP contribution in [0.15, 0.2) is 45.3 Å². The van der Waals surface area contributed by atoms with E-state index in [9.17, 15) is 14.7 Å². The molecule has 2 N–H and O–H groups in total. The highest BCUT2D eigenvalue weighted by Gasteiger charge is 2.48. The number of ether oxygens (including phenoxy) is 1. The Bertz CT molecular complexity index is 852. The number of aliphatic hydroxyl groups is 1. The topological polar surface area (TPSA) is 75.6 Å². The van der Waals surface area contributed by atoms with Crippen LogP contribution in [0, 0.1) is 0 Å². The monoisotopic (exact) mass is 453 g/mol. The molecule has 0 saturated carbocycles. The molecule has 24 heavy (non-hydrogen) atoms. The molecule has 2 aromatic rings. The van der Waals surface area contributed by atoms with Crippen molar-refractivity contribution in [3.8, 4) is 5.75 Å². The first-order chi connectivity index (χ1) is 11.4. The number of carbonyl (C=O) groups excluding carboxylic acids is 2. The number of ketones is 1. The highest BCUT2D eigenvalue weighted by atomic mass is 79.9. The molecule has 0 fully saturated rings. The molecule has 1 amide bonds. The van der Waals surface area contributed by atoms with E-state index in [1.807, 2.05) is 0 Å². The van der Waals surface area contributed by atoms with E-state index in [1.165, 1.54) is 7.11 Å². The van der Waals surface area contributed by atoms with Gasteiger partial charge in [-0.1, -0.05) is 28.1 Å². The van der Waals surface area contributed by atoms with E-state index in [2.05, 4.69) is 37.2 Å². The number of methoxy groups -OCH3 is 1. The lowest BCUT2D eigenvalue weighted by Gasteiger charge is -2.21. The van der Waals surface area contributed by atoms with Crippen LogP contribution >= 0.6 is 31.9 Å². The maximum atomic E-state index is 12.7. The van der Waals surface area contributed by atoms with Crippen molar-refractivity contribution >= 4 is 49.2 Å². The van der Waals surface area contributed by atoms with Gasteiger partial charge >= 0.3 is 0 Å². The number of nitrogens with one attached hydrogen (secondary N) is 1. The Balaban J connectivity index is 2.01. The molecule has 0 radical (unpaired) electrons. The number of amides is 1. The van der Waals surface area contributed by atoms with Gasteiger partial charge < -0.3 is 15.2 Å². The first kappa shape index (κ1) is 17.1. The van der Waals surface area contributed by atoms with Gasteiger partial charge in [-0.2, -0.15) is 0 Å². The fourth-order valence-electron chi connectivity index (χ4n) is 2.74. The van der Waals surface area contributed by atoms with Crippen LogP contribution in [0.5, 0.6) is 5.75 Å².